The summed E-state index contributed by atoms with van der Waals surface area (Å²) in [6, 6.07) is 37.2. The molecule has 0 bridgehead atoms. The Hall–Kier alpha value is -6.05. The van der Waals surface area contributed by atoms with Crippen LogP contribution in [0.2, 0.25) is 0 Å². The maximum absolute atomic E-state index is 14.3. The number of aromatic amines is 1. The van der Waals surface area contributed by atoms with E-state index in [1.54, 1.807) is 24.5 Å². The maximum atomic E-state index is 14.3. The largest absolute Gasteiger partial charge is 0.382 e. The van der Waals surface area contributed by atoms with E-state index in [2.05, 4.69) is 51.7 Å². The lowest BCUT2D eigenvalue weighted by Crippen LogP contribution is -2.38. The number of aromatic nitrogens is 4. The van der Waals surface area contributed by atoms with Gasteiger partial charge >= 0.3 is 0 Å². The third-order valence-corrected chi connectivity index (χ3v) is 14.0. The molecule has 0 radical (unpaired) electrons. The Balaban J connectivity index is 1.05. The lowest BCUT2D eigenvalue weighted by molar-refractivity contribution is 0.103. The zero-order valence-electron chi connectivity index (χ0n) is 30.6. The number of nitrogens with two attached hydrogens (primary N) is 1. The number of anilines is 2. The summed E-state index contributed by atoms with van der Waals surface area (Å²) in [5.74, 6) is -2.79. The first-order valence-electron chi connectivity index (χ1n) is 18.5. The van der Waals surface area contributed by atoms with Gasteiger partial charge < -0.3 is 16.0 Å². The average molecular weight is 801 g/mol. The first-order valence-corrected chi connectivity index (χ1v) is 20.9. The highest BCUT2D eigenvalue weighted by molar-refractivity contribution is 7.92. The van der Waals surface area contributed by atoms with Gasteiger partial charge in [-0.25, -0.2) is 27.2 Å². The van der Waals surface area contributed by atoms with E-state index < -0.39 is 49.4 Å². The second kappa shape index (κ2) is 15.8. The van der Waals surface area contributed by atoms with E-state index in [1.807, 2.05) is 54.6 Å². The normalized spacial score (nSPS) is 16.5. The molecule has 1 aliphatic rings. The van der Waals surface area contributed by atoms with Crippen LogP contribution >= 0.6 is 11.3 Å². The molecule has 4 aromatic carbocycles. The van der Waals surface area contributed by atoms with Gasteiger partial charge in [0, 0.05) is 24.6 Å². The third-order valence-electron chi connectivity index (χ3n) is 10.8. The quantitative estimate of drug-likeness (QED) is 0.0823. The van der Waals surface area contributed by atoms with Gasteiger partial charge in [0.1, 0.15) is 28.2 Å². The van der Waals surface area contributed by atoms with E-state index in [-0.39, 0.29) is 21.6 Å². The summed E-state index contributed by atoms with van der Waals surface area (Å²) in [6.45, 7) is 0. The predicted octanol–water partition coefficient (Wildman–Crippen LogP) is 8.72. The molecule has 4 N–H and O–H groups in total. The smallest absolute Gasteiger partial charge is 0.212 e. The summed E-state index contributed by atoms with van der Waals surface area (Å²) in [5.41, 5.74) is 8.21. The molecule has 1 saturated carbocycles. The summed E-state index contributed by atoms with van der Waals surface area (Å²) < 4.78 is 56.9. The molecule has 13 heteroatoms. The van der Waals surface area contributed by atoms with Crippen molar-refractivity contribution >= 4 is 37.9 Å². The van der Waals surface area contributed by atoms with E-state index >= 15 is 0 Å². The van der Waals surface area contributed by atoms with Crippen molar-refractivity contribution in [2.75, 3.05) is 11.1 Å². The number of imidazole rings is 1. The fourth-order valence-electron chi connectivity index (χ4n) is 8.11. The number of halogens is 2. The topological polar surface area (TPSA) is 144 Å². The van der Waals surface area contributed by atoms with E-state index in [4.69, 9.17) is 15.7 Å². The number of thiazole rings is 1. The van der Waals surface area contributed by atoms with Crippen molar-refractivity contribution in [1.82, 2.24) is 19.9 Å². The number of hydrogen-bond acceptors (Lipinski definition) is 9. The lowest BCUT2D eigenvalue weighted by atomic mass is 9.60. The highest BCUT2D eigenvalue weighted by Crippen LogP contribution is 2.51. The molecule has 57 heavy (non-hydrogen) atoms. The minimum absolute atomic E-state index is 0.0726. The summed E-state index contributed by atoms with van der Waals surface area (Å²) >= 11 is 0.913. The van der Waals surface area contributed by atoms with Gasteiger partial charge in [0.15, 0.2) is 15.0 Å². The van der Waals surface area contributed by atoms with Gasteiger partial charge in [-0.2, -0.15) is 0 Å². The SMILES string of the molecule is Nc1nc(NC2CCC(S(=O)(=O)c3ccc(C(c4ncc[nH]4)C(c4ccccc4)(c4ccccc4)c4ccccc4)nc3)CC2)sc1C(=O)c1c(F)cccc1F. The number of nitrogens with zero attached hydrogens (tertiary/aromatic N) is 3. The molecule has 8 rings (SSSR count). The van der Waals surface area contributed by atoms with Crippen LogP contribution in [-0.4, -0.2) is 45.4 Å². The van der Waals surface area contributed by atoms with Crippen LogP contribution in [0.15, 0.2) is 145 Å². The fraction of sp³-hybridized carbons (Fsp3) is 0.182. The second-order valence-electron chi connectivity index (χ2n) is 14.1. The number of ketones is 1. The predicted molar refractivity (Wildman–Crippen MR) is 217 cm³/mol. The van der Waals surface area contributed by atoms with E-state index in [1.165, 1.54) is 12.3 Å². The number of nitrogens with one attached hydrogen (secondary N) is 2. The van der Waals surface area contributed by atoms with Gasteiger partial charge in [0.2, 0.25) is 5.78 Å². The molecule has 7 aromatic rings. The second-order valence-corrected chi connectivity index (χ2v) is 17.3. The van der Waals surface area contributed by atoms with Crippen molar-refractivity contribution in [3.63, 3.8) is 0 Å². The van der Waals surface area contributed by atoms with E-state index in [9.17, 15) is 22.0 Å². The highest BCUT2D eigenvalue weighted by Gasteiger charge is 2.47. The molecule has 0 saturated heterocycles. The number of rotatable bonds is 12. The first kappa shape index (κ1) is 37.9. The van der Waals surface area contributed by atoms with Crippen LogP contribution in [0, 0.1) is 11.6 Å². The molecule has 0 amide bonds. The molecule has 3 aromatic heterocycles. The van der Waals surface area contributed by atoms with E-state index in [0.717, 1.165) is 40.2 Å². The van der Waals surface area contributed by atoms with Crippen molar-refractivity contribution < 1.29 is 22.0 Å². The van der Waals surface area contributed by atoms with Gasteiger partial charge in [-0.15, -0.1) is 0 Å². The average Bonchev–Trinajstić information content (AvgIpc) is 3.91. The highest BCUT2D eigenvalue weighted by atomic mass is 32.2. The molecule has 0 aliphatic heterocycles. The zero-order valence-corrected chi connectivity index (χ0v) is 32.2. The molecule has 1 atom stereocenters. The van der Waals surface area contributed by atoms with Crippen LogP contribution in [0.25, 0.3) is 0 Å². The Morgan fingerprint density at radius 1 is 0.789 bits per heavy atom. The molecule has 1 fully saturated rings. The monoisotopic (exact) mass is 800 g/mol. The summed E-state index contributed by atoms with van der Waals surface area (Å²) in [6.07, 6.45) is 6.74. The van der Waals surface area contributed by atoms with Gasteiger partial charge in [0.05, 0.1) is 32.7 Å². The minimum atomic E-state index is -3.76. The molecular weight excluding hydrogens is 763 g/mol. The number of hydrogen-bond donors (Lipinski definition) is 3. The Labute approximate surface area is 333 Å². The third kappa shape index (κ3) is 7.13. The van der Waals surface area contributed by atoms with Gasteiger partial charge in [-0.1, -0.05) is 108 Å². The molecule has 3 heterocycles. The number of carbonyl (C=O) groups excluding carboxylic acids is 1. The van der Waals surface area contributed by atoms with Crippen molar-refractivity contribution in [3.8, 4) is 0 Å². The number of nitrogen functional groups attached to an aromatic ring is 1. The van der Waals surface area contributed by atoms with Crippen LogP contribution in [-0.2, 0) is 15.3 Å². The van der Waals surface area contributed by atoms with Crippen LogP contribution in [0.4, 0.5) is 19.7 Å². The zero-order chi connectivity index (χ0) is 39.6. The van der Waals surface area contributed by atoms with Crippen molar-refractivity contribution in [3.05, 3.63) is 190 Å². The van der Waals surface area contributed by atoms with Crippen LogP contribution in [0.3, 0.4) is 0 Å². The van der Waals surface area contributed by atoms with Crippen molar-refractivity contribution in [2.45, 2.75) is 53.2 Å². The minimum Gasteiger partial charge on any atom is -0.382 e. The number of benzene rings is 4. The standard InChI is InChI=1S/C44H38F2N6O3S2/c45-34-17-10-18-35(46)37(34)39(53)40-41(47)52-43(56-40)51-31-19-21-32(22-20-31)57(54,55)33-23-24-36(50-27-33)38(42-48-25-26-49-42)44(28-11-4-1-5-12-28,29-13-6-2-7-14-29)30-15-8-3-9-16-30/h1-18,23-27,31-32,38H,19-22,47H2,(H,48,49)(H,51,52). The van der Waals surface area contributed by atoms with Gasteiger partial charge in [-0.05, 0) is 66.6 Å². The molecule has 9 nitrogen and oxygen atoms in total. The Morgan fingerprint density at radius 2 is 1.37 bits per heavy atom. The van der Waals surface area contributed by atoms with Crippen LogP contribution in [0.5, 0.6) is 0 Å². The molecule has 288 valence electrons. The number of carbonyl (C=O) groups is 1. The van der Waals surface area contributed by atoms with E-state index in [0.29, 0.717) is 42.3 Å². The van der Waals surface area contributed by atoms with Gasteiger partial charge in [-0.3, -0.25) is 9.78 Å². The number of H-pyrrole nitrogens is 1. The fourth-order valence-corrected chi connectivity index (χ4v) is 10.7. The molecule has 1 unspecified atom stereocenters. The summed E-state index contributed by atoms with van der Waals surface area (Å²) in [4.78, 5) is 30.3. The Bertz CT molecular complexity index is 2470. The molecule has 1 aliphatic carbocycles. The molecule has 0 spiro atoms. The van der Waals surface area contributed by atoms with Crippen molar-refractivity contribution in [2.24, 2.45) is 0 Å². The Morgan fingerprint density at radius 3 is 1.88 bits per heavy atom. The summed E-state index contributed by atoms with van der Waals surface area (Å²) in [7, 11) is -3.76. The number of sulfone groups is 1. The first-order chi connectivity index (χ1) is 27.7. The maximum Gasteiger partial charge on any atom is 0.212 e. The Kier molecular flexibility index (Phi) is 10.5. The lowest BCUT2D eigenvalue weighted by Gasteiger charge is -2.41. The van der Waals surface area contributed by atoms with Gasteiger partial charge in [0.25, 0.3) is 0 Å². The van der Waals surface area contributed by atoms with Crippen LogP contribution in [0.1, 0.15) is 75.0 Å². The van der Waals surface area contributed by atoms with Crippen molar-refractivity contribution in [1.29, 1.82) is 0 Å². The summed E-state index contributed by atoms with van der Waals surface area (Å²) in [5, 5.41) is 2.93. The molecular formula is C44H38F2N6O3S2. The number of pyridine rings is 1. The van der Waals surface area contributed by atoms with Crippen LogP contribution < -0.4 is 11.1 Å².